The Morgan fingerprint density at radius 1 is 1.00 bits per heavy atom. The van der Waals surface area contributed by atoms with E-state index in [2.05, 4.69) is 5.32 Å². The van der Waals surface area contributed by atoms with E-state index in [4.69, 9.17) is 14.2 Å². The first kappa shape index (κ1) is 23.0. The van der Waals surface area contributed by atoms with Gasteiger partial charge in [-0.1, -0.05) is 6.07 Å². The molecular weight excluding hydrogens is 412 g/mol. The van der Waals surface area contributed by atoms with Gasteiger partial charge in [0.2, 0.25) is 10.0 Å². The van der Waals surface area contributed by atoms with Gasteiger partial charge in [0.25, 0.3) is 5.91 Å². The van der Waals surface area contributed by atoms with Crippen LogP contribution in [0.3, 0.4) is 0 Å². The lowest BCUT2D eigenvalue weighted by Gasteiger charge is -2.21. The van der Waals surface area contributed by atoms with Crippen LogP contribution in [0.5, 0.6) is 11.5 Å². The minimum atomic E-state index is -3.51. The van der Waals surface area contributed by atoms with E-state index in [0.717, 1.165) is 10.6 Å². The summed E-state index contributed by atoms with van der Waals surface area (Å²) >= 11 is 0. The Bertz CT molecular complexity index is 1080. The Hall–Kier alpha value is -3.27. The van der Waals surface area contributed by atoms with Gasteiger partial charge in [0.1, 0.15) is 0 Å². The van der Waals surface area contributed by atoms with Crippen molar-refractivity contribution in [3.8, 4) is 11.5 Å². The normalized spacial score (nSPS) is 10.9. The van der Waals surface area contributed by atoms with Crippen LogP contribution in [0.4, 0.5) is 11.4 Å². The zero-order valence-corrected chi connectivity index (χ0v) is 18.4. The van der Waals surface area contributed by atoms with Crippen molar-refractivity contribution in [2.45, 2.75) is 6.92 Å². The first-order valence-corrected chi connectivity index (χ1v) is 10.6. The molecule has 0 aromatic heterocycles. The fourth-order valence-corrected chi connectivity index (χ4v) is 3.40. The predicted octanol–water partition coefficient (Wildman–Crippen LogP) is 2.45. The third-order valence-electron chi connectivity index (χ3n) is 4.56. The van der Waals surface area contributed by atoms with E-state index in [1.54, 1.807) is 25.1 Å². The van der Waals surface area contributed by atoms with E-state index in [-0.39, 0.29) is 16.8 Å². The average molecular weight is 436 g/mol. The van der Waals surface area contributed by atoms with Crippen molar-refractivity contribution >= 4 is 33.3 Å². The number of anilines is 2. The van der Waals surface area contributed by atoms with Crippen LogP contribution in [0, 0.1) is 6.92 Å². The number of hydrogen-bond acceptors (Lipinski definition) is 7. The van der Waals surface area contributed by atoms with Gasteiger partial charge in [-0.15, -0.1) is 0 Å². The molecule has 0 aliphatic carbocycles. The Morgan fingerprint density at radius 2 is 1.60 bits per heavy atom. The number of methoxy groups -OCH3 is 3. The van der Waals surface area contributed by atoms with Crippen LogP contribution < -0.4 is 19.1 Å². The number of esters is 1. The van der Waals surface area contributed by atoms with Crippen molar-refractivity contribution in [3.05, 3.63) is 47.0 Å². The Kier molecular flexibility index (Phi) is 6.93. The quantitative estimate of drug-likeness (QED) is 0.664. The molecule has 0 heterocycles. The molecule has 0 fully saturated rings. The second-order valence-electron chi connectivity index (χ2n) is 6.38. The minimum Gasteiger partial charge on any atom is -0.493 e. The van der Waals surface area contributed by atoms with Gasteiger partial charge >= 0.3 is 5.97 Å². The third-order valence-corrected chi connectivity index (χ3v) is 5.76. The molecule has 0 unspecified atom stereocenters. The smallest absolute Gasteiger partial charge is 0.340 e. The number of rotatable bonds is 7. The summed E-state index contributed by atoms with van der Waals surface area (Å²) in [6, 6.07) is 7.59. The molecule has 2 aromatic carbocycles. The summed E-state index contributed by atoms with van der Waals surface area (Å²) in [5.74, 6) is -0.603. The zero-order valence-electron chi connectivity index (χ0n) is 17.6. The molecule has 9 nitrogen and oxygen atoms in total. The highest BCUT2D eigenvalue weighted by molar-refractivity contribution is 7.92. The second-order valence-corrected chi connectivity index (χ2v) is 8.39. The van der Waals surface area contributed by atoms with Gasteiger partial charge in [-0.2, -0.15) is 0 Å². The van der Waals surface area contributed by atoms with Crippen molar-refractivity contribution in [3.63, 3.8) is 0 Å². The molecule has 0 bridgehead atoms. The summed E-state index contributed by atoms with van der Waals surface area (Å²) in [5, 5.41) is 2.67. The van der Waals surface area contributed by atoms with E-state index in [1.807, 2.05) is 0 Å². The molecule has 2 aromatic rings. The number of carbonyl (C=O) groups is 2. The maximum Gasteiger partial charge on any atom is 0.340 e. The zero-order chi connectivity index (χ0) is 22.6. The van der Waals surface area contributed by atoms with E-state index in [1.165, 1.54) is 40.5 Å². The summed E-state index contributed by atoms with van der Waals surface area (Å²) < 4.78 is 40.1. The fraction of sp³-hybridized carbons (Fsp3) is 0.300. The van der Waals surface area contributed by atoms with Gasteiger partial charge in [-0.3, -0.25) is 9.10 Å². The molecule has 1 amide bonds. The lowest BCUT2D eigenvalue weighted by Crippen LogP contribution is -2.26. The summed E-state index contributed by atoms with van der Waals surface area (Å²) in [4.78, 5) is 25.2. The number of ether oxygens (including phenoxy) is 3. The standard InChI is InChI=1S/C20H24N2O7S/c1-12-13(8-7-9-16(12)22(2)30(6,25)26)19(23)21-15-11-18(28-4)17(27-3)10-14(15)20(24)29-5/h7-11H,1-6H3,(H,21,23). The molecule has 30 heavy (non-hydrogen) atoms. The lowest BCUT2D eigenvalue weighted by atomic mass is 10.1. The van der Waals surface area contributed by atoms with E-state index in [9.17, 15) is 18.0 Å². The third kappa shape index (κ3) is 4.65. The number of nitrogens with one attached hydrogen (secondary N) is 1. The van der Waals surface area contributed by atoms with Gasteiger partial charge in [0.05, 0.1) is 44.5 Å². The van der Waals surface area contributed by atoms with E-state index >= 15 is 0 Å². The first-order chi connectivity index (χ1) is 14.0. The van der Waals surface area contributed by atoms with Crippen molar-refractivity contribution in [1.29, 1.82) is 0 Å². The molecule has 0 aliphatic heterocycles. The van der Waals surface area contributed by atoms with Crippen molar-refractivity contribution < 1.29 is 32.2 Å². The van der Waals surface area contributed by atoms with Gasteiger partial charge in [0, 0.05) is 24.7 Å². The molecular formula is C20H24N2O7S. The number of amides is 1. The van der Waals surface area contributed by atoms with Crippen molar-refractivity contribution in [2.75, 3.05) is 44.3 Å². The number of hydrogen-bond donors (Lipinski definition) is 1. The molecule has 2 rings (SSSR count). The SMILES string of the molecule is COC(=O)c1cc(OC)c(OC)cc1NC(=O)c1cccc(N(C)S(C)(=O)=O)c1C. The van der Waals surface area contributed by atoms with Crippen LogP contribution in [0.2, 0.25) is 0 Å². The molecule has 0 saturated heterocycles. The van der Waals surface area contributed by atoms with Gasteiger partial charge in [0.15, 0.2) is 11.5 Å². The highest BCUT2D eigenvalue weighted by Crippen LogP contribution is 2.34. The summed E-state index contributed by atoms with van der Waals surface area (Å²) in [6.07, 6.45) is 1.07. The van der Waals surface area contributed by atoms with E-state index in [0.29, 0.717) is 22.7 Å². The fourth-order valence-electron chi connectivity index (χ4n) is 2.84. The van der Waals surface area contributed by atoms with Crippen LogP contribution in [0.25, 0.3) is 0 Å². The van der Waals surface area contributed by atoms with Crippen molar-refractivity contribution in [1.82, 2.24) is 0 Å². The maximum absolute atomic E-state index is 13.0. The predicted molar refractivity (Wildman–Crippen MR) is 113 cm³/mol. The molecule has 1 N–H and O–H groups in total. The Labute approximate surface area is 175 Å². The van der Waals surface area contributed by atoms with Crippen LogP contribution in [0.1, 0.15) is 26.3 Å². The van der Waals surface area contributed by atoms with Crippen molar-refractivity contribution in [2.24, 2.45) is 0 Å². The molecule has 0 atom stereocenters. The van der Waals surface area contributed by atoms with Crippen LogP contribution in [-0.2, 0) is 14.8 Å². The first-order valence-electron chi connectivity index (χ1n) is 8.74. The van der Waals surface area contributed by atoms with E-state index < -0.39 is 21.9 Å². The molecule has 0 spiro atoms. The lowest BCUT2D eigenvalue weighted by molar-refractivity contribution is 0.0601. The second kappa shape index (κ2) is 9.04. The largest absolute Gasteiger partial charge is 0.493 e. The molecule has 10 heteroatoms. The van der Waals surface area contributed by atoms with Crippen LogP contribution in [0.15, 0.2) is 30.3 Å². The molecule has 0 aliphatic rings. The van der Waals surface area contributed by atoms with Gasteiger partial charge < -0.3 is 19.5 Å². The van der Waals surface area contributed by atoms with Crippen LogP contribution in [-0.4, -0.2) is 54.9 Å². The average Bonchev–Trinajstić information content (AvgIpc) is 2.71. The molecule has 0 saturated carbocycles. The number of nitrogens with zero attached hydrogens (tertiary/aromatic N) is 1. The highest BCUT2D eigenvalue weighted by Gasteiger charge is 2.22. The summed E-state index contributed by atoms with van der Waals surface area (Å²) in [7, 11) is 1.97. The Balaban J connectivity index is 2.51. The van der Waals surface area contributed by atoms with Gasteiger partial charge in [-0.25, -0.2) is 13.2 Å². The maximum atomic E-state index is 13.0. The summed E-state index contributed by atoms with van der Waals surface area (Å²) in [5.41, 5.74) is 1.30. The van der Waals surface area contributed by atoms with Crippen LogP contribution >= 0.6 is 0 Å². The van der Waals surface area contributed by atoms with Gasteiger partial charge in [-0.05, 0) is 24.6 Å². The monoisotopic (exact) mass is 436 g/mol. The highest BCUT2D eigenvalue weighted by atomic mass is 32.2. The molecule has 0 radical (unpaired) electrons. The molecule has 162 valence electrons. The topological polar surface area (TPSA) is 111 Å². The summed E-state index contributed by atoms with van der Waals surface area (Å²) in [6.45, 7) is 1.64. The minimum absolute atomic E-state index is 0.0746. The number of sulfonamides is 1. The number of benzene rings is 2. The number of carbonyl (C=O) groups excluding carboxylic acids is 2. The Morgan fingerprint density at radius 3 is 2.13 bits per heavy atom.